The number of hydrogen-bond acceptors (Lipinski definition) is 5. The van der Waals surface area contributed by atoms with Gasteiger partial charge in [0.15, 0.2) is 0 Å². The maximum Gasteiger partial charge on any atom is 0.362 e. The van der Waals surface area contributed by atoms with E-state index in [1.165, 1.54) is 6.42 Å². The van der Waals surface area contributed by atoms with Crippen LogP contribution in [0.15, 0.2) is 29.1 Å². The molecule has 4 rings (SSSR count). The lowest BCUT2D eigenvalue weighted by Gasteiger charge is -2.57. The number of para-hydroxylation sites is 2. The van der Waals surface area contributed by atoms with Crippen molar-refractivity contribution >= 4 is 17.0 Å². The first kappa shape index (κ1) is 23.9. The standard InChI is InChI=1S/C27H39N3O3/c1-7-33-25(32)23-24(31)29(22-14-9-8-13-21(22)28-23)20-15-18-11-10-12-19(16-20)30(18)27(5,6)17-26(2,3)4/h8-9,13-14,18-20H,7,10-12,15-17H2,1-6H3. The van der Waals surface area contributed by atoms with E-state index >= 15 is 0 Å². The number of aromatic nitrogens is 2. The van der Waals surface area contributed by atoms with Gasteiger partial charge in [0.1, 0.15) is 0 Å². The Bertz CT molecular complexity index is 1070. The zero-order valence-corrected chi connectivity index (χ0v) is 21.1. The van der Waals surface area contributed by atoms with E-state index in [9.17, 15) is 9.59 Å². The van der Waals surface area contributed by atoms with Gasteiger partial charge in [-0.05, 0) is 70.4 Å². The highest BCUT2D eigenvalue weighted by Crippen LogP contribution is 2.45. The molecule has 2 saturated heterocycles. The van der Waals surface area contributed by atoms with Crippen molar-refractivity contribution in [2.75, 3.05) is 6.61 Å². The molecule has 2 atom stereocenters. The van der Waals surface area contributed by atoms with Gasteiger partial charge in [-0.2, -0.15) is 0 Å². The molecular formula is C27H39N3O3. The molecule has 1 aromatic heterocycles. The molecule has 2 bridgehead atoms. The fourth-order valence-corrected chi connectivity index (χ4v) is 6.79. The molecule has 2 unspecified atom stereocenters. The van der Waals surface area contributed by atoms with E-state index < -0.39 is 5.97 Å². The number of ether oxygens (including phenoxy) is 1. The number of piperidine rings is 2. The van der Waals surface area contributed by atoms with Crippen molar-refractivity contribution in [3.63, 3.8) is 0 Å². The zero-order chi connectivity index (χ0) is 24.0. The molecule has 3 heterocycles. The van der Waals surface area contributed by atoms with Crippen LogP contribution in [0.2, 0.25) is 0 Å². The van der Waals surface area contributed by atoms with Crippen molar-refractivity contribution in [2.24, 2.45) is 5.41 Å². The molecular weight excluding hydrogens is 414 g/mol. The monoisotopic (exact) mass is 453 g/mol. The lowest BCUT2D eigenvalue weighted by Crippen LogP contribution is -2.61. The highest BCUT2D eigenvalue weighted by molar-refractivity contribution is 5.89. The second-order valence-corrected chi connectivity index (χ2v) is 11.7. The molecule has 0 saturated carbocycles. The maximum atomic E-state index is 13.6. The predicted octanol–water partition coefficient (Wildman–Crippen LogP) is 5.35. The fraction of sp³-hybridized carbons (Fsp3) is 0.667. The molecule has 0 aliphatic carbocycles. The quantitative estimate of drug-likeness (QED) is 0.571. The molecule has 0 N–H and O–H groups in total. The number of hydrogen-bond donors (Lipinski definition) is 0. The lowest BCUT2D eigenvalue weighted by molar-refractivity contribution is -0.0670. The van der Waals surface area contributed by atoms with Crippen molar-refractivity contribution in [3.8, 4) is 0 Å². The molecule has 180 valence electrons. The number of benzene rings is 1. The molecule has 2 aromatic rings. The van der Waals surface area contributed by atoms with Crippen LogP contribution in [0.4, 0.5) is 0 Å². The molecule has 6 heteroatoms. The second-order valence-electron chi connectivity index (χ2n) is 11.7. The summed E-state index contributed by atoms with van der Waals surface area (Å²) in [4.78, 5) is 33.3. The molecule has 2 aliphatic heterocycles. The van der Waals surface area contributed by atoms with Crippen LogP contribution in [0.3, 0.4) is 0 Å². The van der Waals surface area contributed by atoms with Gasteiger partial charge in [-0.15, -0.1) is 0 Å². The van der Waals surface area contributed by atoms with E-state index in [1.807, 2.05) is 28.8 Å². The van der Waals surface area contributed by atoms with Crippen molar-refractivity contribution in [3.05, 3.63) is 40.3 Å². The van der Waals surface area contributed by atoms with Crippen molar-refractivity contribution in [1.29, 1.82) is 0 Å². The molecule has 0 radical (unpaired) electrons. The highest BCUT2D eigenvalue weighted by Gasteiger charge is 2.46. The second kappa shape index (κ2) is 8.86. The van der Waals surface area contributed by atoms with Crippen LogP contribution in [-0.2, 0) is 4.74 Å². The van der Waals surface area contributed by atoms with E-state index in [4.69, 9.17) is 4.74 Å². The Hall–Kier alpha value is -2.21. The summed E-state index contributed by atoms with van der Waals surface area (Å²) in [5, 5.41) is 0. The van der Waals surface area contributed by atoms with E-state index in [-0.39, 0.29) is 34.9 Å². The van der Waals surface area contributed by atoms with Crippen LogP contribution in [0.5, 0.6) is 0 Å². The Kier molecular flexibility index (Phi) is 6.43. The van der Waals surface area contributed by atoms with Gasteiger partial charge in [0, 0.05) is 23.7 Å². The van der Waals surface area contributed by atoms with E-state index in [1.54, 1.807) is 6.92 Å². The number of esters is 1. The first-order chi connectivity index (χ1) is 15.5. The molecule has 33 heavy (non-hydrogen) atoms. The van der Waals surface area contributed by atoms with Gasteiger partial charge in [0.25, 0.3) is 5.56 Å². The number of nitrogens with zero attached hydrogens (tertiary/aromatic N) is 3. The van der Waals surface area contributed by atoms with E-state index in [0.29, 0.717) is 17.6 Å². The minimum atomic E-state index is -0.633. The third-order valence-electron chi connectivity index (χ3n) is 7.24. The van der Waals surface area contributed by atoms with E-state index in [0.717, 1.165) is 37.6 Å². The maximum absolute atomic E-state index is 13.6. The van der Waals surface area contributed by atoms with Gasteiger partial charge in [-0.1, -0.05) is 39.3 Å². The molecule has 1 aromatic carbocycles. The van der Waals surface area contributed by atoms with Gasteiger partial charge in [-0.3, -0.25) is 9.69 Å². The van der Waals surface area contributed by atoms with Crippen LogP contribution in [0.1, 0.15) is 96.6 Å². The average molecular weight is 454 g/mol. The molecule has 2 aliphatic rings. The topological polar surface area (TPSA) is 64.4 Å². The average Bonchev–Trinajstić information content (AvgIpc) is 2.70. The Balaban J connectivity index is 1.75. The molecule has 2 fully saturated rings. The summed E-state index contributed by atoms with van der Waals surface area (Å²) in [5.74, 6) is -0.633. The summed E-state index contributed by atoms with van der Waals surface area (Å²) in [6, 6.07) is 8.57. The van der Waals surface area contributed by atoms with Crippen LogP contribution >= 0.6 is 0 Å². The highest BCUT2D eigenvalue weighted by atomic mass is 16.5. The summed E-state index contributed by atoms with van der Waals surface area (Å²) in [5.41, 5.74) is 1.40. The van der Waals surface area contributed by atoms with Crippen LogP contribution < -0.4 is 5.56 Å². The summed E-state index contributed by atoms with van der Waals surface area (Å²) in [6.07, 6.45) is 6.51. The van der Waals surface area contributed by atoms with Crippen LogP contribution in [0.25, 0.3) is 11.0 Å². The minimum absolute atomic E-state index is 0.0514. The molecule has 0 spiro atoms. The first-order valence-electron chi connectivity index (χ1n) is 12.5. The number of carbonyl (C=O) groups is 1. The van der Waals surface area contributed by atoms with Gasteiger partial charge < -0.3 is 9.30 Å². The van der Waals surface area contributed by atoms with Gasteiger partial charge in [0.2, 0.25) is 5.69 Å². The fourth-order valence-electron chi connectivity index (χ4n) is 6.79. The van der Waals surface area contributed by atoms with E-state index in [2.05, 4.69) is 44.5 Å². The Labute approximate surface area is 197 Å². The van der Waals surface area contributed by atoms with Crippen molar-refractivity contribution in [2.45, 2.75) is 104 Å². The third-order valence-corrected chi connectivity index (χ3v) is 7.24. The Morgan fingerprint density at radius 3 is 2.30 bits per heavy atom. The Morgan fingerprint density at radius 2 is 1.70 bits per heavy atom. The van der Waals surface area contributed by atoms with Crippen LogP contribution in [-0.4, -0.2) is 44.6 Å². The first-order valence-corrected chi connectivity index (χ1v) is 12.5. The lowest BCUT2D eigenvalue weighted by atomic mass is 9.74. The van der Waals surface area contributed by atoms with Crippen LogP contribution in [0, 0.1) is 5.41 Å². The summed E-state index contributed by atoms with van der Waals surface area (Å²) >= 11 is 0. The van der Waals surface area contributed by atoms with Gasteiger partial charge in [0.05, 0.1) is 17.6 Å². The summed E-state index contributed by atoms with van der Waals surface area (Å²) in [6.45, 7) is 13.7. The van der Waals surface area contributed by atoms with Gasteiger partial charge >= 0.3 is 5.97 Å². The molecule has 6 nitrogen and oxygen atoms in total. The summed E-state index contributed by atoms with van der Waals surface area (Å²) < 4.78 is 7.01. The smallest absolute Gasteiger partial charge is 0.362 e. The number of carbonyl (C=O) groups excluding carboxylic acids is 1. The predicted molar refractivity (Wildman–Crippen MR) is 132 cm³/mol. The third kappa shape index (κ3) is 4.72. The number of rotatable bonds is 5. The SMILES string of the molecule is CCOC(=O)c1nc2ccccc2n(C2CC3CCCC(C2)N3C(C)(C)CC(C)(C)C)c1=O. The van der Waals surface area contributed by atoms with Crippen molar-refractivity contribution < 1.29 is 9.53 Å². The summed E-state index contributed by atoms with van der Waals surface area (Å²) in [7, 11) is 0. The largest absolute Gasteiger partial charge is 0.461 e. The normalized spacial score (nSPS) is 24.1. The zero-order valence-electron chi connectivity index (χ0n) is 21.1. The van der Waals surface area contributed by atoms with Gasteiger partial charge in [-0.25, -0.2) is 9.78 Å². The van der Waals surface area contributed by atoms with Crippen molar-refractivity contribution in [1.82, 2.24) is 14.5 Å². The Morgan fingerprint density at radius 1 is 1.06 bits per heavy atom. The number of fused-ring (bicyclic) bond motifs is 3. The molecule has 0 amide bonds. The minimum Gasteiger partial charge on any atom is -0.461 e.